The van der Waals surface area contributed by atoms with Crippen LogP contribution in [0.2, 0.25) is 5.02 Å². The van der Waals surface area contributed by atoms with Crippen LogP contribution in [-0.2, 0) is 0 Å². The van der Waals surface area contributed by atoms with Crippen LogP contribution < -0.4 is 0 Å². The number of likely N-dealkylation sites (tertiary alicyclic amines) is 1. The molecule has 3 rings (SSSR count). The molecular weight excluding hydrogens is 308 g/mol. The number of allylic oxidation sites excluding steroid dienone is 1. The van der Waals surface area contributed by atoms with E-state index in [0.717, 1.165) is 36.5 Å². The summed E-state index contributed by atoms with van der Waals surface area (Å²) < 4.78 is 0. The average molecular weight is 327 g/mol. The second-order valence-corrected chi connectivity index (χ2v) is 6.16. The number of hydrogen-bond acceptors (Lipinski definition) is 2. The second kappa shape index (κ2) is 7.42. The van der Waals surface area contributed by atoms with Gasteiger partial charge >= 0.3 is 0 Å². The third kappa shape index (κ3) is 3.99. The summed E-state index contributed by atoms with van der Waals surface area (Å²) in [5.74, 6) is 0.566. The number of carbonyl (C=O) groups excluding carboxylic acids is 1. The smallest absolute Gasteiger partial charge is 0.255 e. The molecule has 23 heavy (non-hydrogen) atoms. The number of benzene rings is 1. The third-order valence-electron chi connectivity index (χ3n) is 4.19. The fraction of sp³-hybridized carbons (Fsp3) is 0.263. The number of rotatable bonds is 3. The normalized spacial score (nSPS) is 16.0. The molecule has 0 atom stereocenters. The largest absolute Gasteiger partial charge is 0.339 e. The van der Waals surface area contributed by atoms with Gasteiger partial charge in [-0.1, -0.05) is 42.0 Å². The van der Waals surface area contributed by atoms with Crippen LogP contribution >= 0.6 is 11.6 Å². The fourth-order valence-electron chi connectivity index (χ4n) is 2.82. The highest BCUT2D eigenvalue weighted by Gasteiger charge is 2.22. The summed E-state index contributed by atoms with van der Waals surface area (Å²) in [6.07, 6.45) is 9.58. The molecule has 0 saturated carbocycles. The third-order valence-corrected chi connectivity index (χ3v) is 4.53. The van der Waals surface area contributed by atoms with Gasteiger partial charge < -0.3 is 4.90 Å². The molecule has 2 aromatic rings. The van der Waals surface area contributed by atoms with Gasteiger partial charge in [-0.15, -0.1) is 0 Å². The van der Waals surface area contributed by atoms with Crippen molar-refractivity contribution < 1.29 is 4.79 Å². The molecule has 2 heterocycles. The maximum Gasteiger partial charge on any atom is 0.255 e. The zero-order valence-corrected chi connectivity index (χ0v) is 13.6. The molecule has 1 amide bonds. The zero-order chi connectivity index (χ0) is 16.1. The molecule has 0 N–H and O–H groups in total. The predicted molar refractivity (Wildman–Crippen MR) is 93.4 cm³/mol. The highest BCUT2D eigenvalue weighted by molar-refractivity contribution is 6.32. The van der Waals surface area contributed by atoms with Crippen LogP contribution in [0.15, 0.2) is 54.9 Å². The molecule has 0 unspecified atom stereocenters. The first-order valence-corrected chi connectivity index (χ1v) is 8.24. The van der Waals surface area contributed by atoms with Gasteiger partial charge in [0.05, 0.1) is 5.56 Å². The van der Waals surface area contributed by atoms with Crippen LogP contribution in [0.4, 0.5) is 0 Å². The Kier molecular flexibility index (Phi) is 5.09. The molecule has 1 saturated heterocycles. The predicted octanol–water partition coefficient (Wildman–Crippen LogP) is 4.30. The first kappa shape index (κ1) is 15.8. The lowest BCUT2D eigenvalue weighted by atomic mass is 9.95. The molecule has 1 aliphatic heterocycles. The van der Waals surface area contributed by atoms with Crippen molar-refractivity contribution in [3.8, 4) is 0 Å². The van der Waals surface area contributed by atoms with Gasteiger partial charge in [-0.3, -0.25) is 9.78 Å². The number of halogens is 1. The van der Waals surface area contributed by atoms with E-state index in [4.69, 9.17) is 11.6 Å². The molecule has 1 fully saturated rings. The van der Waals surface area contributed by atoms with Crippen molar-refractivity contribution >= 4 is 23.6 Å². The van der Waals surface area contributed by atoms with E-state index in [1.54, 1.807) is 18.5 Å². The summed E-state index contributed by atoms with van der Waals surface area (Å²) in [6, 6.07) is 11.4. The molecule has 0 radical (unpaired) electrons. The van der Waals surface area contributed by atoms with Crippen LogP contribution in [0.3, 0.4) is 0 Å². The van der Waals surface area contributed by atoms with E-state index >= 15 is 0 Å². The Labute approximate surface area is 141 Å². The lowest BCUT2D eigenvalue weighted by Gasteiger charge is -2.30. The van der Waals surface area contributed by atoms with Crippen LogP contribution in [0.25, 0.3) is 6.08 Å². The van der Waals surface area contributed by atoms with Gasteiger partial charge in [-0.05, 0) is 42.5 Å². The molecule has 1 aromatic carbocycles. The minimum absolute atomic E-state index is 0.0756. The standard InChI is InChI=1S/C19H19ClN2O/c20-18-6-2-1-4-16(18)8-7-15-9-12-22(13-10-15)19(23)17-5-3-11-21-14-17/h1-8,11,14-15H,9-10,12-13H2. The molecule has 0 aliphatic carbocycles. The van der Waals surface area contributed by atoms with Crippen LogP contribution in [0, 0.1) is 5.92 Å². The van der Waals surface area contributed by atoms with E-state index in [2.05, 4.69) is 17.1 Å². The van der Waals surface area contributed by atoms with Crippen LogP contribution in [0.5, 0.6) is 0 Å². The van der Waals surface area contributed by atoms with Crippen LogP contribution in [-0.4, -0.2) is 28.9 Å². The Morgan fingerprint density at radius 1 is 1.17 bits per heavy atom. The van der Waals surface area contributed by atoms with Gasteiger partial charge in [-0.25, -0.2) is 0 Å². The van der Waals surface area contributed by atoms with Crippen molar-refractivity contribution in [2.75, 3.05) is 13.1 Å². The van der Waals surface area contributed by atoms with E-state index in [1.807, 2.05) is 35.2 Å². The lowest BCUT2D eigenvalue weighted by Crippen LogP contribution is -2.38. The molecule has 0 spiro atoms. The monoisotopic (exact) mass is 326 g/mol. The van der Waals surface area contributed by atoms with Crippen molar-refractivity contribution in [1.29, 1.82) is 0 Å². The van der Waals surface area contributed by atoms with E-state index in [0.29, 0.717) is 11.5 Å². The summed E-state index contributed by atoms with van der Waals surface area (Å²) in [5, 5.41) is 0.771. The number of carbonyl (C=O) groups is 1. The molecule has 4 heteroatoms. The average Bonchev–Trinajstić information content (AvgIpc) is 2.62. The highest BCUT2D eigenvalue weighted by atomic mass is 35.5. The first-order valence-electron chi connectivity index (χ1n) is 7.86. The Bertz CT molecular complexity index is 692. The quantitative estimate of drug-likeness (QED) is 0.842. The summed E-state index contributed by atoms with van der Waals surface area (Å²) in [5.41, 5.74) is 1.71. The van der Waals surface area contributed by atoms with E-state index in [9.17, 15) is 4.79 Å². The van der Waals surface area contributed by atoms with Crippen molar-refractivity contribution in [2.45, 2.75) is 12.8 Å². The van der Waals surface area contributed by atoms with Gasteiger partial charge in [0, 0.05) is 30.5 Å². The van der Waals surface area contributed by atoms with Gasteiger partial charge in [0.15, 0.2) is 0 Å². The number of piperidine rings is 1. The number of nitrogens with zero attached hydrogens (tertiary/aromatic N) is 2. The van der Waals surface area contributed by atoms with Crippen LogP contribution in [0.1, 0.15) is 28.8 Å². The van der Waals surface area contributed by atoms with E-state index in [-0.39, 0.29) is 5.91 Å². The molecule has 1 aromatic heterocycles. The number of pyridine rings is 1. The Hall–Kier alpha value is -2.13. The Morgan fingerprint density at radius 3 is 2.65 bits per heavy atom. The van der Waals surface area contributed by atoms with Crippen molar-refractivity contribution in [2.24, 2.45) is 5.92 Å². The SMILES string of the molecule is O=C(c1cccnc1)N1CCC(C=Cc2ccccc2Cl)CC1. The lowest BCUT2D eigenvalue weighted by molar-refractivity contribution is 0.0705. The highest BCUT2D eigenvalue weighted by Crippen LogP contribution is 2.23. The van der Waals surface area contributed by atoms with Gasteiger partial charge in [0.1, 0.15) is 0 Å². The van der Waals surface area contributed by atoms with E-state index < -0.39 is 0 Å². The van der Waals surface area contributed by atoms with Gasteiger partial charge in [0.25, 0.3) is 5.91 Å². The van der Waals surface area contributed by atoms with E-state index in [1.165, 1.54) is 0 Å². The summed E-state index contributed by atoms with van der Waals surface area (Å²) in [6.45, 7) is 1.57. The van der Waals surface area contributed by atoms with Crippen molar-refractivity contribution in [1.82, 2.24) is 9.88 Å². The number of aromatic nitrogens is 1. The molecule has 3 nitrogen and oxygen atoms in total. The molecule has 1 aliphatic rings. The second-order valence-electron chi connectivity index (χ2n) is 5.75. The minimum Gasteiger partial charge on any atom is -0.339 e. The summed E-state index contributed by atoms with van der Waals surface area (Å²) >= 11 is 6.16. The molecule has 118 valence electrons. The maximum absolute atomic E-state index is 12.4. The van der Waals surface area contributed by atoms with Crippen molar-refractivity contribution in [3.63, 3.8) is 0 Å². The zero-order valence-electron chi connectivity index (χ0n) is 12.9. The Balaban J connectivity index is 1.57. The fourth-order valence-corrected chi connectivity index (χ4v) is 3.02. The summed E-state index contributed by atoms with van der Waals surface area (Å²) in [4.78, 5) is 18.3. The van der Waals surface area contributed by atoms with Crippen molar-refractivity contribution in [3.05, 3.63) is 71.0 Å². The number of hydrogen-bond donors (Lipinski definition) is 0. The summed E-state index contributed by atoms with van der Waals surface area (Å²) in [7, 11) is 0. The maximum atomic E-state index is 12.4. The Morgan fingerprint density at radius 2 is 1.96 bits per heavy atom. The van der Waals surface area contributed by atoms with Gasteiger partial charge in [-0.2, -0.15) is 0 Å². The molecule has 0 bridgehead atoms. The number of amides is 1. The van der Waals surface area contributed by atoms with Gasteiger partial charge in [0.2, 0.25) is 0 Å². The molecular formula is C19H19ClN2O. The topological polar surface area (TPSA) is 33.2 Å². The minimum atomic E-state index is 0.0756. The first-order chi connectivity index (χ1) is 11.2.